The second-order valence-corrected chi connectivity index (χ2v) is 6.47. The van der Waals surface area contributed by atoms with Crippen LogP contribution in [0.2, 0.25) is 0 Å². The topological polar surface area (TPSA) is 15.3 Å². The first-order chi connectivity index (χ1) is 9.04. The van der Waals surface area contributed by atoms with Crippen LogP contribution >= 0.6 is 0 Å². The quantitative estimate of drug-likeness (QED) is 0.845. The molecule has 0 amide bonds. The molecule has 0 aromatic heterocycles. The van der Waals surface area contributed by atoms with Gasteiger partial charge in [0, 0.05) is 19.6 Å². The van der Waals surface area contributed by atoms with Gasteiger partial charge in [0.25, 0.3) is 0 Å². The number of nitrogens with zero attached hydrogens (tertiary/aromatic N) is 1. The Balaban J connectivity index is 1.93. The van der Waals surface area contributed by atoms with Gasteiger partial charge in [0.2, 0.25) is 0 Å². The second kappa shape index (κ2) is 6.06. The Labute approximate surface area is 118 Å². The van der Waals surface area contributed by atoms with Gasteiger partial charge in [-0.1, -0.05) is 24.6 Å². The number of benzene rings is 1. The van der Waals surface area contributed by atoms with Crippen molar-refractivity contribution in [3.63, 3.8) is 0 Å². The summed E-state index contributed by atoms with van der Waals surface area (Å²) in [7, 11) is 4.33. The van der Waals surface area contributed by atoms with E-state index in [1.54, 1.807) is 0 Å². The van der Waals surface area contributed by atoms with Crippen LogP contribution in [0.15, 0.2) is 18.2 Å². The third-order valence-corrected chi connectivity index (χ3v) is 4.60. The minimum Gasteiger partial charge on any atom is -0.319 e. The fourth-order valence-electron chi connectivity index (χ4n) is 3.28. The van der Waals surface area contributed by atoms with Crippen molar-refractivity contribution in [3.05, 3.63) is 34.9 Å². The van der Waals surface area contributed by atoms with Crippen molar-refractivity contribution in [2.75, 3.05) is 27.2 Å². The zero-order chi connectivity index (χ0) is 13.9. The lowest BCUT2D eigenvalue weighted by Crippen LogP contribution is -2.46. The molecule has 1 aromatic carbocycles. The third kappa shape index (κ3) is 3.58. The first-order valence-corrected chi connectivity index (χ1v) is 7.44. The highest BCUT2D eigenvalue weighted by Crippen LogP contribution is 2.40. The summed E-state index contributed by atoms with van der Waals surface area (Å²) in [6.45, 7) is 7.81. The highest BCUT2D eigenvalue weighted by atomic mass is 15.1. The van der Waals surface area contributed by atoms with Crippen LogP contribution in [-0.2, 0) is 6.54 Å². The van der Waals surface area contributed by atoms with Crippen molar-refractivity contribution >= 4 is 0 Å². The SMILES string of the molecule is CNCC1(CN(C)Cc2ccc(C)c(C)c2)CCC1. The number of aryl methyl sites for hydroxylation is 2. The van der Waals surface area contributed by atoms with Gasteiger partial charge in [-0.05, 0) is 62.9 Å². The van der Waals surface area contributed by atoms with Gasteiger partial charge in [-0.3, -0.25) is 0 Å². The lowest BCUT2D eigenvalue weighted by molar-refractivity contribution is 0.0768. The molecule has 2 rings (SSSR count). The maximum atomic E-state index is 3.37. The van der Waals surface area contributed by atoms with Crippen LogP contribution in [0.25, 0.3) is 0 Å². The van der Waals surface area contributed by atoms with Gasteiger partial charge >= 0.3 is 0 Å². The first-order valence-electron chi connectivity index (χ1n) is 7.44. The Morgan fingerprint density at radius 2 is 1.95 bits per heavy atom. The van der Waals surface area contributed by atoms with Crippen molar-refractivity contribution in [3.8, 4) is 0 Å². The summed E-state index contributed by atoms with van der Waals surface area (Å²) in [5.41, 5.74) is 4.75. The maximum Gasteiger partial charge on any atom is 0.0231 e. The van der Waals surface area contributed by atoms with Crippen LogP contribution in [0.3, 0.4) is 0 Å². The van der Waals surface area contributed by atoms with Crippen LogP contribution in [0.5, 0.6) is 0 Å². The molecular formula is C17H28N2. The fourth-order valence-corrected chi connectivity index (χ4v) is 3.28. The minimum atomic E-state index is 0.531. The van der Waals surface area contributed by atoms with E-state index in [0.717, 1.165) is 13.1 Å². The van der Waals surface area contributed by atoms with Crippen molar-refractivity contribution in [2.24, 2.45) is 5.41 Å². The van der Waals surface area contributed by atoms with Crippen molar-refractivity contribution < 1.29 is 0 Å². The highest BCUT2D eigenvalue weighted by molar-refractivity contribution is 5.29. The molecule has 0 atom stereocenters. The van der Waals surface area contributed by atoms with Gasteiger partial charge in [0.05, 0.1) is 0 Å². The Morgan fingerprint density at radius 1 is 1.21 bits per heavy atom. The minimum absolute atomic E-state index is 0.531. The average molecular weight is 260 g/mol. The molecule has 1 aliphatic rings. The van der Waals surface area contributed by atoms with Crippen molar-refractivity contribution in [2.45, 2.75) is 39.7 Å². The molecule has 0 unspecified atom stereocenters. The summed E-state index contributed by atoms with van der Waals surface area (Å²) in [6.07, 6.45) is 4.16. The molecule has 1 N–H and O–H groups in total. The predicted octanol–water partition coefficient (Wildman–Crippen LogP) is 3.12. The summed E-state index contributed by atoms with van der Waals surface area (Å²) in [4.78, 5) is 2.49. The van der Waals surface area contributed by atoms with Crippen molar-refractivity contribution in [1.82, 2.24) is 10.2 Å². The number of nitrogens with one attached hydrogen (secondary N) is 1. The van der Waals surface area contributed by atoms with Crippen molar-refractivity contribution in [1.29, 1.82) is 0 Å². The molecule has 2 nitrogen and oxygen atoms in total. The Morgan fingerprint density at radius 3 is 2.47 bits per heavy atom. The highest BCUT2D eigenvalue weighted by Gasteiger charge is 2.36. The third-order valence-electron chi connectivity index (χ3n) is 4.60. The van der Waals surface area contributed by atoms with E-state index in [4.69, 9.17) is 0 Å². The van der Waals surface area contributed by atoms with E-state index in [1.807, 2.05) is 0 Å². The molecule has 2 heteroatoms. The Kier molecular flexibility index (Phi) is 4.64. The molecule has 1 aliphatic carbocycles. The summed E-state index contributed by atoms with van der Waals surface area (Å²) in [5, 5.41) is 3.37. The van der Waals surface area contributed by atoms with E-state index < -0.39 is 0 Å². The summed E-state index contributed by atoms with van der Waals surface area (Å²) < 4.78 is 0. The molecular weight excluding hydrogens is 232 g/mol. The molecule has 0 spiro atoms. The molecule has 1 aromatic rings. The standard InChI is InChI=1S/C17H28N2/c1-14-6-7-16(10-15(14)2)11-19(4)13-17(12-18-3)8-5-9-17/h6-7,10,18H,5,8-9,11-13H2,1-4H3. The molecule has 106 valence electrons. The smallest absolute Gasteiger partial charge is 0.0231 e. The van der Waals surface area contributed by atoms with Gasteiger partial charge < -0.3 is 10.2 Å². The monoisotopic (exact) mass is 260 g/mol. The molecule has 0 aliphatic heterocycles. The molecule has 1 fully saturated rings. The Bertz CT molecular complexity index is 421. The van der Waals surface area contributed by atoms with Gasteiger partial charge in [-0.15, -0.1) is 0 Å². The number of rotatable bonds is 6. The lowest BCUT2D eigenvalue weighted by Gasteiger charge is -2.44. The van der Waals surface area contributed by atoms with Gasteiger partial charge in [-0.2, -0.15) is 0 Å². The van der Waals surface area contributed by atoms with Crippen LogP contribution in [0.1, 0.15) is 36.0 Å². The van der Waals surface area contributed by atoms with E-state index in [1.165, 1.54) is 42.5 Å². The predicted molar refractivity (Wildman–Crippen MR) is 82.5 cm³/mol. The average Bonchev–Trinajstić information content (AvgIpc) is 2.31. The summed E-state index contributed by atoms with van der Waals surface area (Å²) >= 11 is 0. The molecule has 0 heterocycles. The summed E-state index contributed by atoms with van der Waals surface area (Å²) in [6, 6.07) is 6.84. The Hall–Kier alpha value is -0.860. The lowest BCUT2D eigenvalue weighted by atomic mass is 9.68. The second-order valence-electron chi connectivity index (χ2n) is 6.47. The van der Waals surface area contributed by atoms with E-state index in [0.29, 0.717) is 5.41 Å². The van der Waals surface area contributed by atoms with Gasteiger partial charge in [-0.25, -0.2) is 0 Å². The molecule has 19 heavy (non-hydrogen) atoms. The van der Waals surface area contributed by atoms with E-state index in [2.05, 4.69) is 56.4 Å². The molecule has 1 saturated carbocycles. The number of hydrogen-bond acceptors (Lipinski definition) is 2. The first kappa shape index (κ1) is 14.5. The zero-order valence-electron chi connectivity index (χ0n) is 12.9. The maximum absolute atomic E-state index is 3.37. The van der Waals surface area contributed by atoms with E-state index in [9.17, 15) is 0 Å². The molecule has 0 saturated heterocycles. The van der Waals surface area contributed by atoms with Crippen LogP contribution in [0, 0.1) is 19.3 Å². The van der Waals surface area contributed by atoms with Gasteiger partial charge in [0.1, 0.15) is 0 Å². The van der Waals surface area contributed by atoms with E-state index >= 15 is 0 Å². The molecule has 0 radical (unpaired) electrons. The zero-order valence-corrected chi connectivity index (χ0v) is 12.9. The fraction of sp³-hybridized carbons (Fsp3) is 0.647. The van der Waals surface area contributed by atoms with Crippen LogP contribution in [-0.4, -0.2) is 32.1 Å². The molecule has 0 bridgehead atoms. The van der Waals surface area contributed by atoms with Crippen LogP contribution < -0.4 is 5.32 Å². The van der Waals surface area contributed by atoms with Gasteiger partial charge in [0.15, 0.2) is 0 Å². The largest absolute Gasteiger partial charge is 0.319 e. The normalized spacial score (nSPS) is 17.5. The summed E-state index contributed by atoms with van der Waals surface area (Å²) in [5.74, 6) is 0. The van der Waals surface area contributed by atoms with E-state index in [-0.39, 0.29) is 0 Å². The van der Waals surface area contributed by atoms with Crippen LogP contribution in [0.4, 0.5) is 0 Å². The number of hydrogen-bond donors (Lipinski definition) is 1.